The number of benzene rings is 1. The number of ether oxygens (including phenoxy) is 1. The van der Waals surface area contributed by atoms with E-state index in [1.165, 1.54) is 0 Å². The summed E-state index contributed by atoms with van der Waals surface area (Å²) in [5.74, 6) is 0.654. The van der Waals surface area contributed by atoms with E-state index in [1.807, 2.05) is 38.1 Å². The molecule has 0 bridgehead atoms. The quantitative estimate of drug-likeness (QED) is 0.718. The Labute approximate surface area is 121 Å². The van der Waals surface area contributed by atoms with Crippen LogP contribution in [0.25, 0.3) is 0 Å². The highest BCUT2D eigenvalue weighted by atomic mass is 16.5. The molecule has 3 N–H and O–H groups in total. The van der Waals surface area contributed by atoms with E-state index < -0.39 is 0 Å². The lowest BCUT2D eigenvalue weighted by Crippen LogP contribution is -2.38. The molecular formula is C16H26N2O2. The Bertz CT molecular complexity index is 419. The molecule has 0 saturated carbocycles. The number of hydrogen-bond donors (Lipinski definition) is 2. The molecule has 0 spiro atoms. The molecule has 20 heavy (non-hydrogen) atoms. The van der Waals surface area contributed by atoms with E-state index in [9.17, 15) is 4.79 Å². The summed E-state index contributed by atoms with van der Waals surface area (Å²) >= 11 is 0. The van der Waals surface area contributed by atoms with E-state index in [-0.39, 0.29) is 17.9 Å². The summed E-state index contributed by atoms with van der Waals surface area (Å²) in [6.07, 6.45) is 2.16. The van der Waals surface area contributed by atoms with Gasteiger partial charge >= 0.3 is 0 Å². The molecule has 0 radical (unpaired) electrons. The third kappa shape index (κ3) is 5.61. The van der Waals surface area contributed by atoms with E-state index in [2.05, 4.69) is 12.2 Å². The fourth-order valence-electron chi connectivity index (χ4n) is 1.67. The van der Waals surface area contributed by atoms with Crippen molar-refractivity contribution in [2.45, 2.75) is 46.2 Å². The topological polar surface area (TPSA) is 64.3 Å². The van der Waals surface area contributed by atoms with E-state index >= 15 is 0 Å². The van der Waals surface area contributed by atoms with Gasteiger partial charge in [-0.15, -0.1) is 0 Å². The Balaban J connectivity index is 2.47. The molecule has 0 saturated heterocycles. The number of nitrogens with two attached hydrogens (primary N) is 1. The number of unbranched alkanes of at least 4 members (excludes halogenated alkanes) is 1. The maximum Gasteiger partial charge on any atom is 0.224 e. The van der Waals surface area contributed by atoms with E-state index in [1.54, 1.807) is 0 Å². The first-order valence-corrected chi connectivity index (χ1v) is 7.29. The standard InChI is InChI=1S/C16H26N2O2/c1-4-5-9-20-15-8-6-7-14(10-15)11-18-16(19)12(2)13(3)17/h6-8,10,12-13H,4-5,9,11,17H2,1-3H3,(H,18,19). The molecule has 1 aromatic rings. The smallest absolute Gasteiger partial charge is 0.224 e. The van der Waals surface area contributed by atoms with Gasteiger partial charge in [-0.1, -0.05) is 32.4 Å². The summed E-state index contributed by atoms with van der Waals surface area (Å²) in [6.45, 7) is 7.04. The highest BCUT2D eigenvalue weighted by Crippen LogP contribution is 2.14. The van der Waals surface area contributed by atoms with Crippen molar-refractivity contribution in [3.63, 3.8) is 0 Å². The zero-order valence-electron chi connectivity index (χ0n) is 12.7. The summed E-state index contributed by atoms with van der Waals surface area (Å²) in [4.78, 5) is 11.8. The Kier molecular flexibility index (Phi) is 7.09. The van der Waals surface area contributed by atoms with Crippen LogP contribution in [0.2, 0.25) is 0 Å². The van der Waals surface area contributed by atoms with Gasteiger partial charge in [0.05, 0.1) is 6.61 Å². The molecule has 1 amide bonds. The molecule has 0 aliphatic heterocycles. The maximum atomic E-state index is 11.8. The number of amides is 1. The first-order valence-electron chi connectivity index (χ1n) is 7.29. The number of carbonyl (C=O) groups is 1. The predicted molar refractivity (Wildman–Crippen MR) is 81.5 cm³/mol. The highest BCUT2D eigenvalue weighted by Gasteiger charge is 2.16. The van der Waals surface area contributed by atoms with Crippen LogP contribution in [0, 0.1) is 5.92 Å². The van der Waals surface area contributed by atoms with Crippen LogP contribution >= 0.6 is 0 Å². The van der Waals surface area contributed by atoms with Gasteiger partial charge in [0.25, 0.3) is 0 Å². The van der Waals surface area contributed by atoms with Gasteiger partial charge in [-0.25, -0.2) is 0 Å². The molecule has 112 valence electrons. The van der Waals surface area contributed by atoms with E-state index in [0.717, 1.165) is 30.8 Å². The zero-order chi connectivity index (χ0) is 15.0. The van der Waals surface area contributed by atoms with Crippen LogP contribution in [-0.4, -0.2) is 18.6 Å². The maximum absolute atomic E-state index is 11.8. The Morgan fingerprint density at radius 2 is 2.15 bits per heavy atom. The fourth-order valence-corrected chi connectivity index (χ4v) is 1.67. The molecule has 2 unspecified atom stereocenters. The number of hydrogen-bond acceptors (Lipinski definition) is 3. The molecule has 1 aromatic carbocycles. The monoisotopic (exact) mass is 278 g/mol. The Morgan fingerprint density at radius 1 is 1.40 bits per heavy atom. The van der Waals surface area contributed by atoms with Crippen molar-refractivity contribution in [2.75, 3.05) is 6.61 Å². The minimum absolute atomic E-state index is 0.0164. The molecule has 4 heteroatoms. The molecule has 1 rings (SSSR count). The molecule has 2 atom stereocenters. The predicted octanol–water partition coefficient (Wildman–Crippen LogP) is 2.46. The van der Waals surface area contributed by atoms with E-state index in [0.29, 0.717) is 6.54 Å². The summed E-state index contributed by atoms with van der Waals surface area (Å²) in [5.41, 5.74) is 6.75. The van der Waals surface area contributed by atoms with Gasteiger partial charge in [-0.3, -0.25) is 4.79 Å². The SMILES string of the molecule is CCCCOc1cccc(CNC(=O)C(C)C(C)N)c1. The number of nitrogens with one attached hydrogen (secondary N) is 1. The van der Waals surface area contributed by atoms with Crippen LogP contribution in [-0.2, 0) is 11.3 Å². The third-order valence-electron chi connectivity index (χ3n) is 3.33. The van der Waals surface area contributed by atoms with Gasteiger partial charge < -0.3 is 15.8 Å². The number of carbonyl (C=O) groups excluding carboxylic acids is 1. The lowest BCUT2D eigenvalue weighted by molar-refractivity contribution is -0.125. The van der Waals surface area contributed by atoms with Crippen molar-refractivity contribution >= 4 is 5.91 Å². The highest BCUT2D eigenvalue weighted by molar-refractivity contribution is 5.78. The van der Waals surface area contributed by atoms with Crippen LogP contribution in [0.15, 0.2) is 24.3 Å². The van der Waals surface area contributed by atoms with Crippen LogP contribution in [0.1, 0.15) is 39.2 Å². The van der Waals surface area contributed by atoms with Crippen molar-refractivity contribution in [3.8, 4) is 5.75 Å². The molecule has 0 aromatic heterocycles. The zero-order valence-corrected chi connectivity index (χ0v) is 12.7. The molecule has 0 heterocycles. The average molecular weight is 278 g/mol. The van der Waals surface area contributed by atoms with Gasteiger partial charge in [-0.05, 0) is 31.0 Å². The number of rotatable bonds is 8. The van der Waals surface area contributed by atoms with Gasteiger partial charge in [0.2, 0.25) is 5.91 Å². The minimum Gasteiger partial charge on any atom is -0.494 e. The average Bonchev–Trinajstić information content (AvgIpc) is 2.44. The second-order valence-electron chi connectivity index (χ2n) is 5.22. The molecule has 0 aliphatic rings. The van der Waals surface area contributed by atoms with Gasteiger partial charge in [0.1, 0.15) is 5.75 Å². The molecule has 4 nitrogen and oxygen atoms in total. The van der Waals surface area contributed by atoms with Crippen molar-refractivity contribution in [1.82, 2.24) is 5.32 Å². The summed E-state index contributed by atoms with van der Waals surface area (Å²) in [7, 11) is 0. The Morgan fingerprint density at radius 3 is 2.80 bits per heavy atom. The second kappa shape index (κ2) is 8.59. The lowest BCUT2D eigenvalue weighted by atomic mass is 10.0. The van der Waals surface area contributed by atoms with Crippen LogP contribution < -0.4 is 15.8 Å². The molecular weight excluding hydrogens is 252 g/mol. The fraction of sp³-hybridized carbons (Fsp3) is 0.562. The second-order valence-corrected chi connectivity index (χ2v) is 5.22. The van der Waals surface area contributed by atoms with Crippen molar-refractivity contribution in [3.05, 3.63) is 29.8 Å². The lowest BCUT2D eigenvalue weighted by Gasteiger charge is -2.15. The van der Waals surface area contributed by atoms with Crippen LogP contribution in [0.5, 0.6) is 5.75 Å². The van der Waals surface area contributed by atoms with Crippen molar-refractivity contribution in [1.29, 1.82) is 0 Å². The molecule has 0 fully saturated rings. The molecule has 0 aliphatic carbocycles. The van der Waals surface area contributed by atoms with Gasteiger partial charge in [0, 0.05) is 18.5 Å². The normalized spacial score (nSPS) is 13.6. The third-order valence-corrected chi connectivity index (χ3v) is 3.33. The summed E-state index contributed by atoms with van der Waals surface area (Å²) in [5, 5.41) is 2.90. The first-order chi connectivity index (χ1) is 9.54. The van der Waals surface area contributed by atoms with Crippen molar-refractivity contribution in [2.24, 2.45) is 11.7 Å². The largest absolute Gasteiger partial charge is 0.494 e. The van der Waals surface area contributed by atoms with Crippen LogP contribution in [0.3, 0.4) is 0 Å². The Hall–Kier alpha value is -1.55. The summed E-state index contributed by atoms with van der Waals surface area (Å²) < 4.78 is 5.65. The summed E-state index contributed by atoms with van der Waals surface area (Å²) in [6, 6.07) is 7.68. The van der Waals surface area contributed by atoms with Gasteiger partial charge in [-0.2, -0.15) is 0 Å². The minimum atomic E-state index is -0.181. The van der Waals surface area contributed by atoms with Gasteiger partial charge in [0.15, 0.2) is 0 Å². The van der Waals surface area contributed by atoms with E-state index in [4.69, 9.17) is 10.5 Å². The first kappa shape index (κ1) is 16.5. The van der Waals surface area contributed by atoms with Crippen molar-refractivity contribution < 1.29 is 9.53 Å². The van der Waals surface area contributed by atoms with Crippen LogP contribution in [0.4, 0.5) is 0 Å².